The Bertz CT molecular complexity index is 1390. The predicted molar refractivity (Wildman–Crippen MR) is 137 cm³/mol. The molecule has 1 saturated heterocycles. The van der Waals surface area contributed by atoms with E-state index in [2.05, 4.69) is 16.8 Å². The molecule has 4 aromatic rings. The van der Waals surface area contributed by atoms with Gasteiger partial charge in [0, 0.05) is 31.7 Å². The normalized spacial score (nSPS) is 13.3. The van der Waals surface area contributed by atoms with Crippen LogP contribution in [-0.2, 0) is 13.0 Å². The van der Waals surface area contributed by atoms with E-state index in [0.717, 1.165) is 66.0 Å². The van der Waals surface area contributed by atoms with Gasteiger partial charge in [0.2, 0.25) is 0 Å². The van der Waals surface area contributed by atoms with Crippen molar-refractivity contribution in [2.75, 3.05) is 18.4 Å². The van der Waals surface area contributed by atoms with E-state index in [9.17, 15) is 14.7 Å². The summed E-state index contributed by atoms with van der Waals surface area (Å²) in [6, 6.07) is 20.8. The first kappa shape index (κ1) is 22.7. The Morgan fingerprint density at radius 2 is 1.77 bits per heavy atom. The van der Waals surface area contributed by atoms with Crippen LogP contribution in [0.2, 0.25) is 0 Å². The van der Waals surface area contributed by atoms with E-state index >= 15 is 0 Å². The third kappa shape index (κ3) is 4.62. The number of nitrogens with zero attached hydrogens (tertiary/aromatic N) is 3. The maximum Gasteiger partial charge on any atom is 0.336 e. The number of aryl methyl sites for hydroxylation is 1. The molecule has 0 atom stereocenters. The number of imidazole rings is 1. The van der Waals surface area contributed by atoms with Gasteiger partial charge in [-0.3, -0.25) is 0 Å². The van der Waals surface area contributed by atoms with Crippen molar-refractivity contribution in [1.82, 2.24) is 14.5 Å². The second kappa shape index (κ2) is 9.62. The molecular weight excluding hydrogens is 440 g/mol. The zero-order chi connectivity index (χ0) is 24.4. The number of aromatic carboxylic acids is 1. The van der Waals surface area contributed by atoms with E-state index in [1.807, 2.05) is 65.6 Å². The molecule has 3 aromatic carbocycles. The van der Waals surface area contributed by atoms with Crippen LogP contribution >= 0.6 is 0 Å². The van der Waals surface area contributed by atoms with Gasteiger partial charge in [-0.15, -0.1) is 0 Å². The summed E-state index contributed by atoms with van der Waals surface area (Å²) >= 11 is 0. The quantitative estimate of drug-likeness (QED) is 0.383. The van der Waals surface area contributed by atoms with Gasteiger partial charge in [0.25, 0.3) is 0 Å². The zero-order valence-corrected chi connectivity index (χ0v) is 19.7. The lowest BCUT2D eigenvalue weighted by Gasteiger charge is -2.16. The number of carboxylic acids is 1. The maximum atomic E-state index is 12.6. The van der Waals surface area contributed by atoms with E-state index in [0.29, 0.717) is 12.1 Å². The van der Waals surface area contributed by atoms with E-state index in [1.165, 1.54) is 0 Å². The zero-order valence-electron chi connectivity index (χ0n) is 19.7. The Hall–Kier alpha value is -4.13. The number of hydrogen-bond donors (Lipinski definition) is 2. The molecule has 35 heavy (non-hydrogen) atoms. The van der Waals surface area contributed by atoms with E-state index in [-0.39, 0.29) is 11.6 Å². The summed E-state index contributed by atoms with van der Waals surface area (Å²) in [5.74, 6) is -0.0455. The largest absolute Gasteiger partial charge is 0.478 e. The second-order valence-electron chi connectivity index (χ2n) is 8.85. The molecule has 2 N–H and O–H groups in total. The third-order valence-corrected chi connectivity index (χ3v) is 6.53. The number of rotatable bonds is 6. The molecule has 7 nitrogen and oxygen atoms in total. The van der Waals surface area contributed by atoms with Crippen molar-refractivity contribution in [1.29, 1.82) is 0 Å². The summed E-state index contributed by atoms with van der Waals surface area (Å²) in [4.78, 5) is 31.3. The molecule has 0 radical (unpaired) electrons. The Balaban J connectivity index is 1.48. The molecule has 7 heteroatoms. The topological polar surface area (TPSA) is 87.5 Å². The second-order valence-corrected chi connectivity index (χ2v) is 8.85. The molecule has 1 aliphatic rings. The SMILES string of the molecule is CCc1nc2ccc(NC(=O)N3CCCC3)cc2n1Cc1ccc(-c2ccccc2)c(C(=O)O)c1. The number of likely N-dealkylation sites (tertiary alicyclic amines) is 1. The Labute approximate surface area is 204 Å². The monoisotopic (exact) mass is 468 g/mol. The molecule has 1 fully saturated rings. The van der Waals surface area contributed by atoms with Crippen LogP contribution in [0.1, 0.15) is 41.5 Å². The molecule has 178 valence electrons. The van der Waals surface area contributed by atoms with Gasteiger partial charge in [0.15, 0.2) is 0 Å². The van der Waals surface area contributed by atoms with Crippen LogP contribution in [0.5, 0.6) is 0 Å². The first-order valence-electron chi connectivity index (χ1n) is 12.0. The van der Waals surface area contributed by atoms with Crippen LogP contribution in [0.25, 0.3) is 22.2 Å². The highest BCUT2D eigenvalue weighted by atomic mass is 16.4. The Morgan fingerprint density at radius 1 is 1.00 bits per heavy atom. The summed E-state index contributed by atoms with van der Waals surface area (Å²) in [5, 5.41) is 12.9. The first-order valence-corrected chi connectivity index (χ1v) is 12.0. The highest BCUT2D eigenvalue weighted by molar-refractivity contribution is 5.96. The number of aromatic nitrogens is 2. The summed E-state index contributed by atoms with van der Waals surface area (Å²) in [6.07, 6.45) is 2.82. The highest BCUT2D eigenvalue weighted by Gasteiger charge is 2.19. The van der Waals surface area contributed by atoms with Gasteiger partial charge in [-0.05, 0) is 53.8 Å². The lowest BCUT2D eigenvalue weighted by atomic mass is 9.97. The molecule has 1 aliphatic heterocycles. The number of carboxylic acid groups (broad SMARTS) is 1. The number of amides is 2. The summed E-state index contributed by atoms with van der Waals surface area (Å²) in [6.45, 7) is 4.11. The van der Waals surface area contributed by atoms with E-state index in [1.54, 1.807) is 6.07 Å². The van der Waals surface area contributed by atoms with Gasteiger partial charge in [-0.1, -0.05) is 49.4 Å². The number of anilines is 1. The smallest absolute Gasteiger partial charge is 0.336 e. The van der Waals surface area contributed by atoms with Crippen LogP contribution < -0.4 is 5.32 Å². The molecule has 0 unspecified atom stereocenters. The lowest BCUT2D eigenvalue weighted by Crippen LogP contribution is -2.32. The molecular formula is C28H28N4O3. The van der Waals surface area contributed by atoms with Crippen molar-refractivity contribution >= 4 is 28.7 Å². The van der Waals surface area contributed by atoms with Crippen LogP contribution in [0, 0.1) is 0 Å². The number of benzene rings is 3. The number of urea groups is 1. The number of fused-ring (bicyclic) bond motifs is 1. The minimum atomic E-state index is -0.955. The fourth-order valence-corrected chi connectivity index (χ4v) is 4.74. The van der Waals surface area contributed by atoms with Crippen LogP contribution in [0.15, 0.2) is 66.7 Å². The number of nitrogens with one attached hydrogen (secondary N) is 1. The molecule has 0 bridgehead atoms. The molecule has 0 spiro atoms. The highest BCUT2D eigenvalue weighted by Crippen LogP contribution is 2.27. The minimum Gasteiger partial charge on any atom is -0.478 e. The van der Waals surface area contributed by atoms with E-state index in [4.69, 9.17) is 4.98 Å². The van der Waals surface area contributed by atoms with E-state index < -0.39 is 5.97 Å². The number of carbonyl (C=O) groups excluding carboxylic acids is 1. The Morgan fingerprint density at radius 3 is 2.49 bits per heavy atom. The molecule has 0 aliphatic carbocycles. The molecule has 5 rings (SSSR count). The van der Waals surface area contributed by atoms with Gasteiger partial charge in [0.05, 0.1) is 16.6 Å². The summed E-state index contributed by atoms with van der Waals surface area (Å²) < 4.78 is 2.10. The minimum absolute atomic E-state index is 0.0776. The van der Waals surface area contributed by atoms with Gasteiger partial charge in [0.1, 0.15) is 5.82 Å². The van der Waals surface area contributed by atoms with Crippen molar-refractivity contribution in [3.63, 3.8) is 0 Å². The molecule has 2 amide bonds. The molecule has 2 heterocycles. The maximum absolute atomic E-state index is 12.6. The fraction of sp³-hybridized carbons (Fsp3) is 0.250. The summed E-state index contributed by atoms with van der Waals surface area (Å²) in [7, 11) is 0. The standard InChI is InChI=1S/C28H28N4O3/c1-2-26-30-24-13-11-21(29-28(35)31-14-6-7-15-31)17-25(24)32(26)18-19-10-12-22(23(16-19)27(33)34)20-8-4-3-5-9-20/h3-5,8-13,16-17H,2,6-7,14-15,18H2,1H3,(H,29,35)(H,33,34). The van der Waals surface area contributed by atoms with Crippen LogP contribution in [-0.4, -0.2) is 44.6 Å². The number of hydrogen-bond acceptors (Lipinski definition) is 3. The average molecular weight is 469 g/mol. The van der Waals surface area contributed by atoms with Crippen LogP contribution in [0.4, 0.5) is 10.5 Å². The van der Waals surface area contributed by atoms with Crippen molar-refractivity contribution in [3.05, 3.63) is 83.7 Å². The van der Waals surface area contributed by atoms with Crippen molar-refractivity contribution < 1.29 is 14.7 Å². The summed E-state index contributed by atoms with van der Waals surface area (Å²) in [5.41, 5.74) is 5.20. The first-order chi connectivity index (χ1) is 17.0. The third-order valence-electron chi connectivity index (χ3n) is 6.53. The van der Waals surface area contributed by atoms with Crippen molar-refractivity contribution in [3.8, 4) is 11.1 Å². The van der Waals surface area contributed by atoms with Crippen molar-refractivity contribution in [2.45, 2.75) is 32.7 Å². The van der Waals surface area contributed by atoms with Gasteiger partial charge in [-0.2, -0.15) is 0 Å². The Kier molecular flexibility index (Phi) is 6.23. The molecule has 0 saturated carbocycles. The van der Waals surface area contributed by atoms with Gasteiger partial charge < -0.3 is 19.9 Å². The van der Waals surface area contributed by atoms with Gasteiger partial charge in [-0.25, -0.2) is 14.6 Å². The lowest BCUT2D eigenvalue weighted by molar-refractivity contribution is 0.0697. The number of carbonyl (C=O) groups is 2. The molecule has 1 aromatic heterocycles. The predicted octanol–water partition coefficient (Wildman–Crippen LogP) is 5.64. The van der Waals surface area contributed by atoms with Gasteiger partial charge >= 0.3 is 12.0 Å². The van der Waals surface area contributed by atoms with Crippen LogP contribution in [0.3, 0.4) is 0 Å². The fourth-order valence-electron chi connectivity index (χ4n) is 4.74. The average Bonchev–Trinajstić information content (AvgIpc) is 3.53. The van der Waals surface area contributed by atoms with Crippen molar-refractivity contribution in [2.24, 2.45) is 0 Å².